The maximum absolute atomic E-state index is 11.7. The molecule has 5 atom stereocenters. The molecule has 0 unspecified atom stereocenters. The lowest BCUT2D eigenvalue weighted by Gasteiger charge is -2.52. The van der Waals surface area contributed by atoms with Crippen LogP contribution in [-0.2, 0) is 4.79 Å². The number of aliphatic hydroxyl groups is 1. The highest BCUT2D eigenvalue weighted by atomic mass is 16.3. The number of ketones is 1. The smallest absolute Gasteiger partial charge is 0.178 e. The van der Waals surface area contributed by atoms with Crippen molar-refractivity contribution in [3.63, 3.8) is 0 Å². The molecular weight excluding hydrogens is 286 g/mol. The third kappa shape index (κ3) is 1.88. The molecule has 0 spiro atoms. The van der Waals surface area contributed by atoms with Crippen LogP contribution in [0.15, 0.2) is 35.5 Å². The van der Waals surface area contributed by atoms with Crippen molar-refractivity contribution in [3.8, 4) is 6.07 Å². The van der Waals surface area contributed by atoms with Crippen molar-refractivity contribution in [3.05, 3.63) is 35.5 Å². The first-order valence-corrected chi connectivity index (χ1v) is 8.71. The first kappa shape index (κ1) is 14.9. The Labute approximate surface area is 137 Å². The lowest BCUT2D eigenvalue weighted by Crippen LogP contribution is -2.46. The molecule has 2 saturated carbocycles. The predicted molar refractivity (Wildman–Crippen MR) is 87.2 cm³/mol. The molecule has 23 heavy (non-hydrogen) atoms. The number of carbonyl (C=O) groups excluding carboxylic acids is 1. The normalized spacial score (nSPS) is 44.6. The van der Waals surface area contributed by atoms with E-state index < -0.39 is 0 Å². The Kier molecular flexibility index (Phi) is 3.19. The van der Waals surface area contributed by atoms with Crippen LogP contribution in [0.25, 0.3) is 0 Å². The second kappa shape index (κ2) is 4.92. The van der Waals surface area contributed by atoms with Crippen LogP contribution in [0.4, 0.5) is 0 Å². The summed E-state index contributed by atoms with van der Waals surface area (Å²) < 4.78 is 0. The predicted octanol–water partition coefficient (Wildman–Crippen LogP) is 3.47. The number of fused-ring (bicyclic) bond motifs is 5. The van der Waals surface area contributed by atoms with E-state index in [4.69, 9.17) is 0 Å². The molecule has 0 aromatic carbocycles. The van der Waals surface area contributed by atoms with Crippen molar-refractivity contribution < 1.29 is 9.90 Å². The second-order valence-electron chi connectivity index (χ2n) is 7.88. The fraction of sp³-hybridized carbons (Fsp3) is 0.600. The number of hydrogen-bond donors (Lipinski definition) is 1. The van der Waals surface area contributed by atoms with E-state index in [9.17, 15) is 15.2 Å². The highest BCUT2D eigenvalue weighted by Crippen LogP contribution is 2.63. The number of nitriles is 1. The van der Waals surface area contributed by atoms with Gasteiger partial charge in [-0.2, -0.15) is 5.26 Å². The van der Waals surface area contributed by atoms with E-state index in [2.05, 4.69) is 25.1 Å². The van der Waals surface area contributed by atoms with Crippen molar-refractivity contribution >= 4 is 5.78 Å². The van der Waals surface area contributed by atoms with Crippen molar-refractivity contribution in [2.45, 2.75) is 51.6 Å². The largest absolute Gasteiger partial charge is 0.392 e. The van der Waals surface area contributed by atoms with Crippen LogP contribution in [-0.4, -0.2) is 17.0 Å². The van der Waals surface area contributed by atoms with Gasteiger partial charge in [-0.15, -0.1) is 0 Å². The van der Waals surface area contributed by atoms with Crippen LogP contribution < -0.4 is 0 Å². The Balaban J connectivity index is 1.78. The molecule has 4 rings (SSSR count). The van der Waals surface area contributed by atoms with Crippen molar-refractivity contribution in [1.82, 2.24) is 0 Å². The molecule has 0 amide bonds. The Morgan fingerprint density at radius 2 is 2.22 bits per heavy atom. The molecule has 4 aliphatic rings. The van der Waals surface area contributed by atoms with Gasteiger partial charge in [0.2, 0.25) is 0 Å². The average molecular weight is 309 g/mol. The highest BCUT2D eigenvalue weighted by molar-refractivity contribution is 6.01. The maximum atomic E-state index is 11.7. The summed E-state index contributed by atoms with van der Waals surface area (Å²) in [5.74, 6) is 0.943. The minimum Gasteiger partial charge on any atom is -0.392 e. The zero-order valence-corrected chi connectivity index (χ0v) is 13.6. The average Bonchev–Trinajstić information content (AvgIpc) is 2.86. The molecule has 3 nitrogen and oxygen atoms in total. The summed E-state index contributed by atoms with van der Waals surface area (Å²) in [4.78, 5) is 11.7. The van der Waals surface area contributed by atoms with Crippen LogP contribution in [0.1, 0.15) is 45.4 Å². The Morgan fingerprint density at radius 1 is 1.39 bits per heavy atom. The minimum absolute atomic E-state index is 0.0995. The van der Waals surface area contributed by atoms with Gasteiger partial charge >= 0.3 is 0 Å². The van der Waals surface area contributed by atoms with E-state index in [1.54, 1.807) is 6.08 Å². The molecule has 0 aromatic rings. The van der Waals surface area contributed by atoms with E-state index in [-0.39, 0.29) is 22.7 Å². The van der Waals surface area contributed by atoms with Gasteiger partial charge in [-0.25, -0.2) is 0 Å². The zero-order chi connectivity index (χ0) is 16.2. The van der Waals surface area contributed by atoms with Crippen LogP contribution >= 0.6 is 0 Å². The lowest BCUT2D eigenvalue weighted by molar-refractivity contribution is -0.110. The highest BCUT2D eigenvalue weighted by Gasteiger charge is 2.57. The topological polar surface area (TPSA) is 61.1 Å². The number of allylic oxidation sites excluding steroid dienone is 6. The molecule has 0 aromatic heterocycles. The third-order valence-corrected chi connectivity index (χ3v) is 7.04. The van der Waals surface area contributed by atoms with Crippen molar-refractivity contribution in [1.29, 1.82) is 5.26 Å². The SMILES string of the molecule is C[C@]12C=CC(=O)C=C1CC[C@@H]1C2=CC[C@]2(CC#N)[C@H](O)CC[C@@H]12. The van der Waals surface area contributed by atoms with Gasteiger partial charge < -0.3 is 5.11 Å². The Morgan fingerprint density at radius 3 is 3.00 bits per heavy atom. The van der Waals surface area contributed by atoms with Crippen molar-refractivity contribution in [2.24, 2.45) is 22.7 Å². The van der Waals surface area contributed by atoms with Crippen LogP contribution in [0.5, 0.6) is 0 Å². The molecule has 120 valence electrons. The number of carbonyl (C=O) groups is 1. The monoisotopic (exact) mass is 309 g/mol. The number of hydrogen-bond acceptors (Lipinski definition) is 3. The standard InChI is InChI=1S/C20H23NO2/c1-19-8-6-14(22)12-13(19)2-3-15-16(19)7-9-20(10-11-21)17(15)4-5-18(20)23/h6-8,12,15,17-18,23H,2-5,9-10H2,1H3/t15-,17+,18-,19+,20-/m1/s1. The van der Waals surface area contributed by atoms with Crippen LogP contribution in [0.3, 0.4) is 0 Å². The Bertz CT molecular complexity index is 695. The van der Waals surface area contributed by atoms with E-state index in [0.717, 1.165) is 32.1 Å². The number of nitrogens with zero attached hydrogens (tertiary/aromatic N) is 1. The molecule has 2 fully saturated rings. The molecular formula is C20H23NO2. The molecule has 0 heterocycles. The fourth-order valence-electron chi connectivity index (χ4n) is 5.79. The summed E-state index contributed by atoms with van der Waals surface area (Å²) in [6.45, 7) is 2.22. The van der Waals surface area contributed by atoms with Crippen LogP contribution in [0.2, 0.25) is 0 Å². The van der Waals surface area contributed by atoms with Crippen molar-refractivity contribution in [2.75, 3.05) is 0 Å². The summed E-state index contributed by atoms with van der Waals surface area (Å²) in [5, 5.41) is 19.9. The molecule has 0 aliphatic heterocycles. The summed E-state index contributed by atoms with van der Waals surface area (Å²) in [5.41, 5.74) is 2.28. The zero-order valence-electron chi connectivity index (χ0n) is 13.6. The van der Waals surface area contributed by atoms with Gasteiger partial charge in [-0.1, -0.05) is 23.3 Å². The number of aliphatic hydroxyl groups excluding tert-OH is 1. The summed E-state index contributed by atoms with van der Waals surface area (Å²) in [7, 11) is 0. The maximum Gasteiger partial charge on any atom is 0.178 e. The van der Waals surface area contributed by atoms with Gasteiger partial charge in [-0.3, -0.25) is 4.79 Å². The van der Waals surface area contributed by atoms with E-state index >= 15 is 0 Å². The first-order chi connectivity index (χ1) is 11.0. The van der Waals surface area contributed by atoms with Gasteiger partial charge in [0.1, 0.15) is 0 Å². The van der Waals surface area contributed by atoms with Gasteiger partial charge in [0.05, 0.1) is 12.2 Å². The summed E-state index contributed by atoms with van der Waals surface area (Å²) >= 11 is 0. The molecule has 0 saturated heterocycles. The van der Waals surface area contributed by atoms with Gasteiger partial charge in [-0.05, 0) is 63.0 Å². The summed E-state index contributed by atoms with van der Waals surface area (Å²) in [6, 6.07) is 2.34. The van der Waals surface area contributed by atoms with E-state index in [0.29, 0.717) is 18.3 Å². The van der Waals surface area contributed by atoms with E-state index in [1.165, 1.54) is 11.1 Å². The quantitative estimate of drug-likeness (QED) is 0.754. The molecule has 0 bridgehead atoms. The lowest BCUT2D eigenvalue weighted by atomic mass is 9.52. The van der Waals surface area contributed by atoms with Gasteiger partial charge in [0.15, 0.2) is 5.78 Å². The van der Waals surface area contributed by atoms with Crippen LogP contribution in [0, 0.1) is 34.0 Å². The second-order valence-corrected chi connectivity index (χ2v) is 7.88. The molecule has 3 heteroatoms. The minimum atomic E-state index is -0.349. The number of rotatable bonds is 1. The molecule has 0 radical (unpaired) electrons. The van der Waals surface area contributed by atoms with Gasteiger partial charge in [0.25, 0.3) is 0 Å². The first-order valence-electron chi connectivity index (χ1n) is 8.71. The van der Waals surface area contributed by atoms with Gasteiger partial charge in [0, 0.05) is 17.3 Å². The molecule has 1 N–H and O–H groups in total. The summed E-state index contributed by atoms with van der Waals surface area (Å²) in [6.07, 6.45) is 12.6. The van der Waals surface area contributed by atoms with E-state index in [1.807, 2.05) is 6.08 Å². The third-order valence-electron chi connectivity index (χ3n) is 7.04. The Hall–Kier alpha value is -1.66. The fourth-order valence-corrected chi connectivity index (χ4v) is 5.79. The molecule has 4 aliphatic carbocycles.